The van der Waals surface area contributed by atoms with Crippen molar-refractivity contribution in [3.63, 3.8) is 0 Å². The van der Waals surface area contributed by atoms with Crippen molar-refractivity contribution in [1.82, 2.24) is 5.32 Å². The first kappa shape index (κ1) is 21.6. The Morgan fingerprint density at radius 2 is 1.70 bits per heavy atom. The second-order valence-corrected chi connectivity index (χ2v) is 4.35. The molecule has 1 N–H and O–H groups in total. The third-order valence-corrected chi connectivity index (χ3v) is 2.61. The number of alkyl carbamates (subject to hydrolysis) is 1. The number of benzene rings is 1. The number of esters is 2. The number of carbonyl (C=O) groups is 3. The summed E-state index contributed by atoms with van der Waals surface area (Å²) in [4.78, 5) is 33.7. The van der Waals surface area contributed by atoms with E-state index in [0.29, 0.717) is 13.0 Å². The number of ether oxygens (including phenoxy) is 2. The molecule has 0 unspecified atom stereocenters. The second kappa shape index (κ2) is 13.1. The summed E-state index contributed by atoms with van der Waals surface area (Å²) < 4.78 is 8.99. The van der Waals surface area contributed by atoms with E-state index in [4.69, 9.17) is 0 Å². The molecule has 0 aliphatic rings. The van der Waals surface area contributed by atoms with Crippen molar-refractivity contribution in [2.24, 2.45) is 0 Å². The van der Waals surface area contributed by atoms with Gasteiger partial charge in [-0.1, -0.05) is 30.3 Å². The normalized spacial score (nSPS) is 9.43. The summed E-state index contributed by atoms with van der Waals surface area (Å²) in [5.41, 5.74) is 1.05. The van der Waals surface area contributed by atoms with E-state index in [1.54, 1.807) is 0 Å². The second-order valence-electron chi connectivity index (χ2n) is 4.35. The van der Waals surface area contributed by atoms with Crippen LogP contribution < -0.4 is 40.0 Å². The van der Waals surface area contributed by atoms with Gasteiger partial charge in [-0.25, -0.2) is 4.79 Å². The predicted molar refractivity (Wildman–Crippen MR) is 74.7 cm³/mol. The van der Waals surface area contributed by atoms with E-state index in [-0.39, 0.29) is 49.0 Å². The molecule has 0 spiro atoms. The molecule has 0 saturated heterocycles. The van der Waals surface area contributed by atoms with Crippen molar-refractivity contribution in [2.45, 2.75) is 19.3 Å². The van der Waals surface area contributed by atoms with Crippen molar-refractivity contribution in [2.75, 3.05) is 19.8 Å². The molecule has 1 rings (SSSR count). The summed E-state index contributed by atoms with van der Waals surface area (Å²) in [7, 11) is 0. The zero-order chi connectivity index (χ0) is 16.2. The number of carbonyl (C=O) groups excluding carboxylic acids is 3. The number of amides is 1. The molecule has 1 amide bonds. The summed E-state index contributed by atoms with van der Waals surface area (Å²) in [6, 6.07) is 9.52. The molecule has 1 aromatic rings. The average Bonchev–Trinajstić information content (AvgIpc) is 2.52. The maximum atomic E-state index is 11.3. The fourth-order valence-corrected chi connectivity index (χ4v) is 1.58. The van der Waals surface area contributed by atoms with Gasteiger partial charge in [-0.05, 0) is 12.0 Å². The van der Waals surface area contributed by atoms with Gasteiger partial charge in [-0.15, -0.1) is 6.61 Å². The van der Waals surface area contributed by atoms with E-state index in [2.05, 4.69) is 14.8 Å². The fourth-order valence-electron chi connectivity index (χ4n) is 1.58. The van der Waals surface area contributed by atoms with Crippen LogP contribution in [0.3, 0.4) is 0 Å². The Balaban J connectivity index is 0.00000484. The SMILES string of the molecule is O=C(CCC(=O)OC(=O)NCCc1ccccc1)OCC[O-].[Na+]. The molecule has 0 aromatic heterocycles. The van der Waals surface area contributed by atoms with Crippen LogP contribution in [0.2, 0.25) is 0 Å². The Morgan fingerprint density at radius 3 is 2.35 bits per heavy atom. The molecule has 0 saturated carbocycles. The molecule has 8 heteroatoms. The smallest absolute Gasteiger partial charge is 0.852 e. The van der Waals surface area contributed by atoms with Gasteiger partial charge in [0.25, 0.3) is 0 Å². The molecule has 0 bridgehead atoms. The van der Waals surface area contributed by atoms with Crippen LogP contribution in [-0.2, 0) is 25.5 Å². The summed E-state index contributed by atoms with van der Waals surface area (Å²) >= 11 is 0. The fraction of sp³-hybridized carbons (Fsp3) is 0.400. The van der Waals surface area contributed by atoms with E-state index < -0.39 is 24.6 Å². The van der Waals surface area contributed by atoms with Gasteiger partial charge in [0.1, 0.15) is 0 Å². The van der Waals surface area contributed by atoms with Gasteiger partial charge >= 0.3 is 47.6 Å². The van der Waals surface area contributed by atoms with Crippen molar-refractivity contribution >= 4 is 18.0 Å². The minimum Gasteiger partial charge on any atom is -0.852 e. The van der Waals surface area contributed by atoms with Crippen molar-refractivity contribution in [3.8, 4) is 0 Å². The molecule has 0 fully saturated rings. The van der Waals surface area contributed by atoms with Crippen molar-refractivity contribution < 1.29 is 58.5 Å². The number of rotatable bonds is 8. The average molecular weight is 331 g/mol. The zero-order valence-electron chi connectivity index (χ0n) is 13.1. The van der Waals surface area contributed by atoms with Crippen molar-refractivity contribution in [1.29, 1.82) is 0 Å². The predicted octanol–water partition coefficient (Wildman–Crippen LogP) is -2.83. The van der Waals surface area contributed by atoms with Crippen LogP contribution in [0.25, 0.3) is 0 Å². The Kier molecular flexibility index (Phi) is 12.3. The summed E-state index contributed by atoms with van der Waals surface area (Å²) in [6.45, 7) is -0.421. The monoisotopic (exact) mass is 331 g/mol. The molecule has 0 aliphatic carbocycles. The van der Waals surface area contributed by atoms with E-state index in [1.165, 1.54) is 0 Å². The Labute approximate surface area is 156 Å². The van der Waals surface area contributed by atoms with Crippen LogP contribution >= 0.6 is 0 Å². The topological polar surface area (TPSA) is 105 Å². The van der Waals surface area contributed by atoms with Crippen molar-refractivity contribution in [3.05, 3.63) is 35.9 Å². The van der Waals surface area contributed by atoms with Gasteiger partial charge in [0.15, 0.2) is 0 Å². The Morgan fingerprint density at radius 1 is 1.04 bits per heavy atom. The van der Waals surface area contributed by atoms with Gasteiger partial charge in [0.05, 0.1) is 19.4 Å². The standard InChI is InChI=1S/C15H18NO6.Na/c17-10-11-21-13(18)6-7-14(19)22-15(20)16-9-8-12-4-2-1-3-5-12;/h1-5H,6-11H2,(H,16,20);/q-1;+1. The molecular weight excluding hydrogens is 313 g/mol. The van der Waals surface area contributed by atoms with Gasteiger partial charge in [-0.2, -0.15) is 0 Å². The van der Waals surface area contributed by atoms with Crippen LogP contribution in [0, 0.1) is 0 Å². The van der Waals surface area contributed by atoms with Crippen LogP contribution in [-0.4, -0.2) is 37.8 Å². The first-order valence-electron chi connectivity index (χ1n) is 6.88. The first-order valence-corrected chi connectivity index (χ1v) is 6.88. The van der Waals surface area contributed by atoms with E-state index in [1.807, 2.05) is 30.3 Å². The molecule has 0 heterocycles. The summed E-state index contributed by atoms with van der Waals surface area (Å²) in [5, 5.41) is 12.5. The minimum atomic E-state index is -0.853. The molecular formula is C15H18NNaO6. The maximum Gasteiger partial charge on any atom is 1.00 e. The van der Waals surface area contributed by atoms with Gasteiger partial charge in [0, 0.05) is 6.54 Å². The first-order chi connectivity index (χ1) is 10.6. The molecule has 23 heavy (non-hydrogen) atoms. The molecule has 120 valence electrons. The molecule has 1 aromatic carbocycles. The van der Waals surface area contributed by atoms with Crippen LogP contribution in [0.4, 0.5) is 4.79 Å². The zero-order valence-corrected chi connectivity index (χ0v) is 15.1. The Bertz CT molecular complexity index is 494. The van der Waals surface area contributed by atoms with E-state index in [9.17, 15) is 19.5 Å². The summed E-state index contributed by atoms with van der Waals surface area (Å²) in [6.07, 6.45) is -0.736. The third kappa shape index (κ3) is 10.9. The minimum absolute atomic E-state index is 0. The Hall–Kier alpha value is -1.41. The number of nitrogens with one attached hydrogen (secondary N) is 1. The van der Waals surface area contributed by atoms with Gasteiger partial charge < -0.3 is 19.9 Å². The molecule has 0 radical (unpaired) electrons. The number of hydrogen-bond donors (Lipinski definition) is 1. The molecule has 7 nitrogen and oxygen atoms in total. The van der Waals surface area contributed by atoms with Gasteiger partial charge in [-0.3, -0.25) is 9.59 Å². The van der Waals surface area contributed by atoms with Crippen LogP contribution in [0.5, 0.6) is 0 Å². The van der Waals surface area contributed by atoms with Gasteiger partial charge in [0.2, 0.25) is 0 Å². The quantitative estimate of drug-likeness (QED) is 0.313. The van der Waals surface area contributed by atoms with E-state index in [0.717, 1.165) is 5.56 Å². The largest absolute Gasteiger partial charge is 1.00 e. The van der Waals surface area contributed by atoms with E-state index >= 15 is 0 Å². The van der Waals surface area contributed by atoms with Crippen LogP contribution in [0.15, 0.2) is 30.3 Å². The van der Waals surface area contributed by atoms with Crippen LogP contribution in [0.1, 0.15) is 18.4 Å². The third-order valence-electron chi connectivity index (χ3n) is 2.61. The summed E-state index contributed by atoms with van der Waals surface area (Å²) in [5.74, 6) is -1.49. The maximum absolute atomic E-state index is 11.3. The molecule has 0 aliphatic heterocycles. The molecule has 0 atom stereocenters. The number of hydrogen-bond acceptors (Lipinski definition) is 6.